The topological polar surface area (TPSA) is 92.8 Å². The molecule has 0 spiro atoms. The van der Waals surface area contributed by atoms with Gasteiger partial charge in [0.1, 0.15) is 5.75 Å². The lowest BCUT2D eigenvalue weighted by Crippen LogP contribution is -2.33. The molecule has 2 aliphatic rings. The Morgan fingerprint density at radius 2 is 2.04 bits per heavy atom. The number of benzene rings is 1. The molecule has 7 nitrogen and oxygen atoms in total. The average Bonchev–Trinajstić information content (AvgIpc) is 3.16. The lowest BCUT2D eigenvalue weighted by atomic mass is 10.1. The summed E-state index contributed by atoms with van der Waals surface area (Å²) in [6, 6.07) is 7.08. The number of rotatable bonds is 6. The standard InChI is InChI=1S/C17H22N2O5S/c20-16(18-10-13-7-9-25(22,23)12-13)11-24-15-5-3-14(4-6-15)19-8-1-2-17(19)21/h3-6,13H,1-2,7-12H2,(H,18,20). The van der Waals surface area contributed by atoms with Crippen molar-refractivity contribution in [1.82, 2.24) is 5.32 Å². The number of hydrogen-bond donors (Lipinski definition) is 1. The second-order valence-electron chi connectivity index (χ2n) is 6.50. The first-order valence-corrected chi connectivity index (χ1v) is 10.3. The largest absolute Gasteiger partial charge is 0.484 e. The smallest absolute Gasteiger partial charge is 0.257 e. The zero-order valence-electron chi connectivity index (χ0n) is 13.9. The van der Waals surface area contributed by atoms with Crippen molar-refractivity contribution in [2.45, 2.75) is 19.3 Å². The van der Waals surface area contributed by atoms with Gasteiger partial charge in [-0.1, -0.05) is 0 Å². The Morgan fingerprint density at radius 3 is 2.64 bits per heavy atom. The monoisotopic (exact) mass is 366 g/mol. The van der Waals surface area contributed by atoms with Crippen molar-refractivity contribution in [3.05, 3.63) is 24.3 Å². The molecule has 1 aromatic carbocycles. The summed E-state index contributed by atoms with van der Waals surface area (Å²) in [6.45, 7) is 0.969. The number of nitrogens with one attached hydrogen (secondary N) is 1. The maximum Gasteiger partial charge on any atom is 0.257 e. The molecule has 3 rings (SSSR count). The van der Waals surface area contributed by atoms with Crippen molar-refractivity contribution in [1.29, 1.82) is 0 Å². The molecule has 25 heavy (non-hydrogen) atoms. The van der Waals surface area contributed by atoms with Crippen LogP contribution in [0.25, 0.3) is 0 Å². The fraction of sp³-hybridized carbons (Fsp3) is 0.529. The predicted molar refractivity (Wildman–Crippen MR) is 93.3 cm³/mol. The third kappa shape index (κ3) is 4.72. The van der Waals surface area contributed by atoms with Crippen molar-refractivity contribution < 1.29 is 22.7 Å². The average molecular weight is 366 g/mol. The van der Waals surface area contributed by atoms with Gasteiger partial charge >= 0.3 is 0 Å². The molecule has 1 aromatic rings. The van der Waals surface area contributed by atoms with Gasteiger partial charge in [0, 0.05) is 25.2 Å². The second-order valence-corrected chi connectivity index (χ2v) is 8.73. The van der Waals surface area contributed by atoms with Crippen LogP contribution in [-0.4, -0.2) is 51.4 Å². The molecular formula is C17H22N2O5S. The van der Waals surface area contributed by atoms with Crippen LogP contribution in [0, 0.1) is 5.92 Å². The van der Waals surface area contributed by atoms with Crippen LogP contribution in [0.3, 0.4) is 0 Å². The van der Waals surface area contributed by atoms with E-state index in [0.717, 1.165) is 18.7 Å². The highest BCUT2D eigenvalue weighted by atomic mass is 32.2. The molecule has 1 atom stereocenters. The fourth-order valence-electron chi connectivity index (χ4n) is 3.13. The zero-order chi connectivity index (χ0) is 17.9. The number of anilines is 1. The summed E-state index contributed by atoms with van der Waals surface area (Å²) in [7, 11) is -2.92. The van der Waals surface area contributed by atoms with Gasteiger partial charge < -0.3 is 15.0 Å². The minimum Gasteiger partial charge on any atom is -0.484 e. The SMILES string of the molecule is O=C(COc1ccc(N2CCCC2=O)cc1)NCC1CCS(=O)(=O)C1. The van der Waals surface area contributed by atoms with Crippen LogP contribution in [0.15, 0.2) is 24.3 Å². The molecule has 2 amide bonds. The summed E-state index contributed by atoms with van der Waals surface area (Å²) in [5, 5.41) is 2.71. The van der Waals surface area contributed by atoms with Gasteiger partial charge in [0.25, 0.3) is 5.91 Å². The molecule has 1 unspecified atom stereocenters. The van der Waals surface area contributed by atoms with Crippen molar-refractivity contribution in [2.24, 2.45) is 5.92 Å². The van der Waals surface area contributed by atoms with Gasteiger partial charge in [-0.15, -0.1) is 0 Å². The molecule has 2 saturated heterocycles. The van der Waals surface area contributed by atoms with Crippen LogP contribution in [0.2, 0.25) is 0 Å². The summed E-state index contributed by atoms with van der Waals surface area (Å²) >= 11 is 0. The maximum atomic E-state index is 11.8. The molecule has 0 bridgehead atoms. The Kier molecular flexibility index (Phi) is 5.27. The number of amides is 2. The first kappa shape index (κ1) is 17.7. The first-order chi connectivity index (χ1) is 11.9. The van der Waals surface area contributed by atoms with Gasteiger partial charge in [-0.2, -0.15) is 0 Å². The van der Waals surface area contributed by atoms with Crippen LogP contribution in [0.1, 0.15) is 19.3 Å². The molecule has 2 aliphatic heterocycles. The summed E-state index contributed by atoms with van der Waals surface area (Å²) < 4.78 is 28.2. The molecule has 2 fully saturated rings. The molecule has 0 saturated carbocycles. The minimum atomic E-state index is -2.92. The number of nitrogens with zero attached hydrogens (tertiary/aromatic N) is 1. The highest BCUT2D eigenvalue weighted by molar-refractivity contribution is 7.91. The fourth-order valence-corrected chi connectivity index (χ4v) is 5.00. The number of hydrogen-bond acceptors (Lipinski definition) is 5. The van der Waals surface area contributed by atoms with Crippen molar-refractivity contribution in [3.8, 4) is 5.75 Å². The molecule has 0 aliphatic carbocycles. The summed E-state index contributed by atoms with van der Waals surface area (Å²) in [5.41, 5.74) is 0.835. The number of carbonyl (C=O) groups excluding carboxylic acids is 2. The van der Waals surface area contributed by atoms with E-state index in [4.69, 9.17) is 4.74 Å². The highest BCUT2D eigenvalue weighted by Gasteiger charge is 2.28. The van der Waals surface area contributed by atoms with Crippen LogP contribution >= 0.6 is 0 Å². The molecule has 1 N–H and O–H groups in total. The van der Waals surface area contributed by atoms with E-state index in [1.165, 1.54) is 0 Å². The van der Waals surface area contributed by atoms with E-state index in [1.807, 2.05) is 0 Å². The first-order valence-electron chi connectivity index (χ1n) is 8.43. The Hall–Kier alpha value is -2.09. The van der Waals surface area contributed by atoms with E-state index in [1.54, 1.807) is 29.2 Å². The highest BCUT2D eigenvalue weighted by Crippen LogP contribution is 2.23. The Morgan fingerprint density at radius 1 is 1.28 bits per heavy atom. The summed E-state index contributed by atoms with van der Waals surface area (Å²) in [6.07, 6.45) is 2.06. The zero-order valence-corrected chi connectivity index (χ0v) is 14.8. The van der Waals surface area contributed by atoms with Crippen LogP contribution in [0.5, 0.6) is 5.75 Å². The second kappa shape index (κ2) is 7.43. The van der Waals surface area contributed by atoms with Crippen molar-refractivity contribution in [3.63, 3.8) is 0 Å². The summed E-state index contributed by atoms with van der Waals surface area (Å²) in [4.78, 5) is 25.3. The van der Waals surface area contributed by atoms with Gasteiger partial charge in [0.2, 0.25) is 5.91 Å². The lowest BCUT2D eigenvalue weighted by Gasteiger charge is -2.16. The number of ether oxygens (including phenoxy) is 1. The molecule has 2 heterocycles. The number of carbonyl (C=O) groups is 2. The van der Waals surface area contributed by atoms with E-state index in [9.17, 15) is 18.0 Å². The van der Waals surface area contributed by atoms with Crippen LogP contribution < -0.4 is 15.0 Å². The Balaban J connectivity index is 1.42. The van der Waals surface area contributed by atoms with E-state index >= 15 is 0 Å². The Bertz CT molecular complexity index is 745. The van der Waals surface area contributed by atoms with Gasteiger partial charge in [-0.3, -0.25) is 9.59 Å². The molecular weight excluding hydrogens is 344 g/mol. The lowest BCUT2D eigenvalue weighted by molar-refractivity contribution is -0.123. The Labute approximate surface area is 147 Å². The third-order valence-corrected chi connectivity index (χ3v) is 6.34. The van der Waals surface area contributed by atoms with E-state index < -0.39 is 9.84 Å². The van der Waals surface area contributed by atoms with Gasteiger partial charge in [0.15, 0.2) is 16.4 Å². The van der Waals surface area contributed by atoms with Crippen molar-refractivity contribution >= 4 is 27.3 Å². The normalized spacial score (nSPS) is 22.2. The van der Waals surface area contributed by atoms with E-state index in [0.29, 0.717) is 25.1 Å². The third-order valence-electron chi connectivity index (χ3n) is 4.51. The van der Waals surface area contributed by atoms with Crippen LogP contribution in [-0.2, 0) is 19.4 Å². The molecule has 8 heteroatoms. The van der Waals surface area contributed by atoms with Crippen molar-refractivity contribution in [2.75, 3.05) is 36.1 Å². The van der Waals surface area contributed by atoms with Gasteiger partial charge in [-0.25, -0.2) is 8.42 Å². The summed E-state index contributed by atoms with van der Waals surface area (Å²) in [5.74, 6) is 0.742. The predicted octanol–water partition coefficient (Wildman–Crippen LogP) is 0.743. The molecule has 0 radical (unpaired) electrons. The minimum absolute atomic E-state index is 0.00812. The molecule has 0 aromatic heterocycles. The van der Waals surface area contributed by atoms with Gasteiger partial charge in [-0.05, 0) is 43.0 Å². The van der Waals surface area contributed by atoms with E-state index in [-0.39, 0.29) is 35.8 Å². The maximum absolute atomic E-state index is 11.8. The quantitative estimate of drug-likeness (QED) is 0.802. The van der Waals surface area contributed by atoms with Crippen LogP contribution in [0.4, 0.5) is 5.69 Å². The number of sulfone groups is 1. The van der Waals surface area contributed by atoms with Gasteiger partial charge in [0.05, 0.1) is 11.5 Å². The van der Waals surface area contributed by atoms with E-state index in [2.05, 4.69) is 5.32 Å². The molecule has 136 valence electrons.